The second-order valence-corrected chi connectivity index (χ2v) is 7.66. The van der Waals surface area contributed by atoms with Crippen LogP contribution in [0, 0.1) is 17.0 Å². The molecular weight excluding hydrogens is 418 g/mol. The van der Waals surface area contributed by atoms with E-state index in [-0.39, 0.29) is 36.4 Å². The molecule has 0 saturated carbocycles. The standard InChI is InChI=1S/C22H21N3O7/c1-13-9-15(5-7-19(13)25(29)30)32-12-20(26)23-14-4-6-17-18(10-14)22(28)24(21(17)27)11-16-3-2-8-31-16/h4-7,9-10,16H,2-3,8,11-12H2,1H3,(H,23,26). The summed E-state index contributed by atoms with van der Waals surface area (Å²) in [5.74, 6) is -0.929. The number of imide groups is 1. The van der Waals surface area contributed by atoms with Crippen molar-refractivity contribution < 1.29 is 28.8 Å². The molecule has 0 radical (unpaired) electrons. The second kappa shape index (κ2) is 8.75. The van der Waals surface area contributed by atoms with Gasteiger partial charge in [0.2, 0.25) is 0 Å². The Balaban J connectivity index is 1.38. The van der Waals surface area contributed by atoms with E-state index in [1.807, 2.05) is 0 Å². The number of carbonyl (C=O) groups excluding carboxylic acids is 3. The number of nitro benzene ring substituents is 1. The molecule has 10 heteroatoms. The van der Waals surface area contributed by atoms with E-state index in [1.54, 1.807) is 13.0 Å². The Morgan fingerprint density at radius 3 is 2.69 bits per heavy atom. The number of aryl methyl sites for hydroxylation is 1. The van der Waals surface area contributed by atoms with Gasteiger partial charge in [0.15, 0.2) is 6.61 Å². The van der Waals surface area contributed by atoms with E-state index >= 15 is 0 Å². The zero-order valence-corrected chi connectivity index (χ0v) is 17.3. The molecule has 2 heterocycles. The molecular formula is C22H21N3O7. The van der Waals surface area contributed by atoms with Crippen LogP contribution in [0.15, 0.2) is 36.4 Å². The van der Waals surface area contributed by atoms with Crippen LogP contribution in [0.25, 0.3) is 0 Å². The van der Waals surface area contributed by atoms with Crippen molar-refractivity contribution in [3.8, 4) is 5.75 Å². The normalized spacial score (nSPS) is 17.4. The number of fused-ring (bicyclic) bond motifs is 1. The minimum Gasteiger partial charge on any atom is -0.484 e. The molecule has 1 N–H and O–H groups in total. The number of amides is 3. The van der Waals surface area contributed by atoms with Gasteiger partial charge in [-0.1, -0.05) is 0 Å². The molecule has 0 spiro atoms. The third-order valence-electron chi connectivity index (χ3n) is 5.40. The number of hydrogen-bond donors (Lipinski definition) is 1. The van der Waals surface area contributed by atoms with E-state index in [0.29, 0.717) is 29.2 Å². The average molecular weight is 439 g/mol. The number of nitrogens with zero attached hydrogens (tertiary/aromatic N) is 2. The topological polar surface area (TPSA) is 128 Å². The third kappa shape index (κ3) is 4.30. The van der Waals surface area contributed by atoms with Crippen molar-refractivity contribution in [1.82, 2.24) is 4.90 Å². The van der Waals surface area contributed by atoms with Gasteiger partial charge in [-0.15, -0.1) is 0 Å². The summed E-state index contributed by atoms with van der Waals surface area (Å²) >= 11 is 0. The van der Waals surface area contributed by atoms with Crippen LogP contribution in [-0.2, 0) is 9.53 Å². The van der Waals surface area contributed by atoms with Crippen LogP contribution in [0.1, 0.15) is 39.1 Å². The lowest BCUT2D eigenvalue weighted by Crippen LogP contribution is -2.36. The Labute approximate surface area is 183 Å². The number of nitro groups is 1. The first-order valence-electron chi connectivity index (χ1n) is 10.1. The zero-order valence-electron chi connectivity index (χ0n) is 17.3. The fraction of sp³-hybridized carbons (Fsp3) is 0.318. The van der Waals surface area contributed by atoms with Crippen LogP contribution < -0.4 is 10.1 Å². The lowest BCUT2D eigenvalue weighted by atomic mass is 10.1. The molecule has 0 aromatic heterocycles. The minimum absolute atomic E-state index is 0.0345. The van der Waals surface area contributed by atoms with Gasteiger partial charge in [0, 0.05) is 23.9 Å². The number of benzene rings is 2. The van der Waals surface area contributed by atoms with E-state index in [4.69, 9.17) is 9.47 Å². The zero-order chi connectivity index (χ0) is 22.8. The number of rotatable bonds is 7. The molecule has 0 aliphatic carbocycles. The predicted octanol–water partition coefficient (Wildman–Crippen LogP) is 2.70. The van der Waals surface area contributed by atoms with Crippen LogP contribution in [-0.4, -0.2) is 53.4 Å². The van der Waals surface area contributed by atoms with Crippen LogP contribution >= 0.6 is 0 Å². The van der Waals surface area contributed by atoms with Crippen LogP contribution in [0.5, 0.6) is 5.75 Å². The summed E-state index contributed by atoms with van der Waals surface area (Å²) in [4.78, 5) is 49.1. The summed E-state index contributed by atoms with van der Waals surface area (Å²) < 4.78 is 10.9. The molecule has 1 fully saturated rings. The first-order valence-corrected chi connectivity index (χ1v) is 10.1. The van der Waals surface area contributed by atoms with Crippen molar-refractivity contribution in [1.29, 1.82) is 0 Å². The highest BCUT2D eigenvalue weighted by atomic mass is 16.6. The maximum absolute atomic E-state index is 12.7. The summed E-state index contributed by atoms with van der Waals surface area (Å²) in [6, 6.07) is 8.75. The summed E-state index contributed by atoms with van der Waals surface area (Å²) in [5.41, 5.74) is 1.27. The van der Waals surface area contributed by atoms with Gasteiger partial charge in [0.25, 0.3) is 23.4 Å². The van der Waals surface area contributed by atoms with Crippen molar-refractivity contribution in [3.05, 3.63) is 63.2 Å². The molecule has 166 valence electrons. The van der Waals surface area contributed by atoms with Crippen LogP contribution in [0.4, 0.5) is 11.4 Å². The fourth-order valence-electron chi connectivity index (χ4n) is 3.79. The minimum atomic E-state index is -0.492. The molecule has 1 unspecified atom stereocenters. The largest absolute Gasteiger partial charge is 0.484 e. The van der Waals surface area contributed by atoms with Crippen molar-refractivity contribution in [2.24, 2.45) is 0 Å². The first-order chi connectivity index (χ1) is 15.3. The van der Waals surface area contributed by atoms with Crippen molar-refractivity contribution >= 4 is 29.1 Å². The van der Waals surface area contributed by atoms with Gasteiger partial charge >= 0.3 is 0 Å². The summed E-state index contributed by atoms with van der Waals surface area (Å²) in [5, 5.41) is 13.5. The Hall–Kier alpha value is -3.79. The summed E-state index contributed by atoms with van der Waals surface area (Å²) in [6.45, 7) is 2.10. The molecule has 2 aliphatic rings. The highest BCUT2D eigenvalue weighted by molar-refractivity contribution is 6.21. The lowest BCUT2D eigenvalue weighted by molar-refractivity contribution is -0.385. The molecule has 1 saturated heterocycles. The van der Waals surface area contributed by atoms with Gasteiger partial charge in [-0.3, -0.25) is 29.4 Å². The average Bonchev–Trinajstić information content (AvgIpc) is 3.35. The molecule has 4 rings (SSSR count). The molecule has 0 bridgehead atoms. The van der Waals surface area contributed by atoms with E-state index in [2.05, 4.69) is 5.32 Å². The molecule has 2 aromatic carbocycles. The third-order valence-corrected chi connectivity index (χ3v) is 5.40. The van der Waals surface area contributed by atoms with Gasteiger partial charge < -0.3 is 14.8 Å². The Morgan fingerprint density at radius 1 is 1.22 bits per heavy atom. The van der Waals surface area contributed by atoms with E-state index in [9.17, 15) is 24.5 Å². The Kier molecular flexibility index (Phi) is 5.87. The van der Waals surface area contributed by atoms with Crippen molar-refractivity contribution in [2.75, 3.05) is 25.1 Å². The second-order valence-electron chi connectivity index (χ2n) is 7.66. The molecule has 1 atom stereocenters. The molecule has 2 aliphatic heterocycles. The summed E-state index contributed by atoms with van der Waals surface area (Å²) in [6.07, 6.45) is 1.57. The van der Waals surface area contributed by atoms with E-state index < -0.39 is 16.7 Å². The summed E-state index contributed by atoms with van der Waals surface area (Å²) in [7, 11) is 0. The maximum Gasteiger partial charge on any atom is 0.272 e. The molecule has 3 amide bonds. The number of carbonyl (C=O) groups is 3. The van der Waals surface area contributed by atoms with Gasteiger partial charge in [-0.2, -0.15) is 0 Å². The highest BCUT2D eigenvalue weighted by Gasteiger charge is 2.37. The highest BCUT2D eigenvalue weighted by Crippen LogP contribution is 2.28. The van der Waals surface area contributed by atoms with Crippen LogP contribution in [0.2, 0.25) is 0 Å². The van der Waals surface area contributed by atoms with E-state index in [1.165, 1.54) is 35.2 Å². The number of ether oxygens (including phenoxy) is 2. The SMILES string of the molecule is Cc1cc(OCC(=O)Nc2ccc3c(c2)C(=O)N(CC2CCCO2)C3=O)ccc1[N+](=O)[O-]. The van der Waals surface area contributed by atoms with Crippen molar-refractivity contribution in [3.63, 3.8) is 0 Å². The number of nitrogens with one attached hydrogen (secondary N) is 1. The predicted molar refractivity (Wildman–Crippen MR) is 113 cm³/mol. The smallest absolute Gasteiger partial charge is 0.272 e. The van der Waals surface area contributed by atoms with Crippen LogP contribution in [0.3, 0.4) is 0 Å². The fourth-order valence-corrected chi connectivity index (χ4v) is 3.79. The van der Waals surface area contributed by atoms with Gasteiger partial charge in [0.1, 0.15) is 5.75 Å². The quantitative estimate of drug-likeness (QED) is 0.399. The number of hydrogen-bond acceptors (Lipinski definition) is 7. The Morgan fingerprint density at radius 2 is 2.00 bits per heavy atom. The molecule has 2 aromatic rings. The monoisotopic (exact) mass is 439 g/mol. The lowest BCUT2D eigenvalue weighted by Gasteiger charge is -2.17. The maximum atomic E-state index is 12.7. The number of anilines is 1. The van der Waals surface area contributed by atoms with Gasteiger partial charge in [-0.25, -0.2) is 0 Å². The Bertz CT molecular complexity index is 1110. The van der Waals surface area contributed by atoms with Gasteiger partial charge in [0.05, 0.1) is 28.7 Å². The molecule has 32 heavy (non-hydrogen) atoms. The first kappa shape index (κ1) is 21.4. The molecule has 10 nitrogen and oxygen atoms in total. The van der Waals surface area contributed by atoms with Gasteiger partial charge in [-0.05, 0) is 50.1 Å². The van der Waals surface area contributed by atoms with Crippen molar-refractivity contribution in [2.45, 2.75) is 25.9 Å². The van der Waals surface area contributed by atoms with E-state index in [0.717, 1.165) is 12.8 Å².